The van der Waals surface area contributed by atoms with Gasteiger partial charge in [-0.3, -0.25) is 14.6 Å². The maximum Gasteiger partial charge on any atom is 0.267 e. The molecule has 0 radical (unpaired) electrons. The van der Waals surface area contributed by atoms with Crippen molar-refractivity contribution in [2.45, 2.75) is 25.4 Å². The Bertz CT molecular complexity index is 1340. The van der Waals surface area contributed by atoms with E-state index in [-0.39, 0.29) is 19.1 Å². The molecule has 2 amide bonds. The van der Waals surface area contributed by atoms with E-state index in [2.05, 4.69) is 21.8 Å². The number of thiazole rings is 1. The third-order valence-electron chi connectivity index (χ3n) is 5.52. The second-order valence-corrected chi connectivity index (χ2v) is 9.52. The zero-order chi connectivity index (χ0) is 25.7. The van der Waals surface area contributed by atoms with E-state index in [1.807, 2.05) is 24.4 Å². The van der Waals surface area contributed by atoms with E-state index in [9.17, 15) is 14.7 Å². The molecule has 4 heterocycles. The summed E-state index contributed by atoms with van der Waals surface area (Å²) in [6.45, 7) is 2.84. The molecule has 2 aliphatic heterocycles. The maximum atomic E-state index is 11.8. The van der Waals surface area contributed by atoms with Crippen molar-refractivity contribution in [3.8, 4) is 17.6 Å². The van der Waals surface area contributed by atoms with Gasteiger partial charge < -0.3 is 25.2 Å². The van der Waals surface area contributed by atoms with Gasteiger partial charge in [-0.25, -0.2) is 4.98 Å². The molecule has 0 bridgehead atoms. The standard InChI is InChI=1S/C15H15NO4.C11H11N3OS/c1-16-12-8-11(4-6-15(18)9-19-10-15)2-3-13(12)20-7-5-14(16)17;1-7-14-9(6-16-7)4-8-2-3-13-10(5-8)11(12)15/h2-3,8,18H,5,7,9-10H2,1H3;2-3,5-6H,4H2,1H3,(H2,12,15). The summed E-state index contributed by atoms with van der Waals surface area (Å²) in [6, 6.07) is 8.99. The monoisotopic (exact) mass is 506 g/mol. The lowest BCUT2D eigenvalue weighted by atomic mass is 10.0. The van der Waals surface area contributed by atoms with Crippen molar-refractivity contribution in [1.82, 2.24) is 9.97 Å². The number of nitrogens with zero attached hydrogens (tertiary/aromatic N) is 3. The summed E-state index contributed by atoms with van der Waals surface area (Å²) in [5.41, 5.74) is 7.86. The van der Waals surface area contributed by atoms with Gasteiger partial charge in [-0.15, -0.1) is 11.3 Å². The summed E-state index contributed by atoms with van der Waals surface area (Å²) in [5, 5.41) is 12.9. The maximum absolute atomic E-state index is 11.8. The molecule has 0 atom stereocenters. The minimum atomic E-state index is -1.04. The van der Waals surface area contributed by atoms with Crippen LogP contribution in [0.15, 0.2) is 41.9 Å². The number of aliphatic hydroxyl groups is 1. The SMILES string of the molecule is CN1C(=O)CCOc2ccc(C#CC3(O)COC3)cc21.Cc1nc(Cc2ccnc(C(N)=O)c2)cs1. The van der Waals surface area contributed by atoms with Crippen molar-refractivity contribution >= 4 is 28.8 Å². The summed E-state index contributed by atoms with van der Waals surface area (Å²) in [5.74, 6) is 5.90. The van der Waals surface area contributed by atoms with Crippen molar-refractivity contribution in [2.75, 3.05) is 31.8 Å². The highest BCUT2D eigenvalue weighted by Gasteiger charge is 2.33. The van der Waals surface area contributed by atoms with E-state index in [1.54, 1.807) is 47.7 Å². The van der Waals surface area contributed by atoms with Crippen LogP contribution in [0.25, 0.3) is 0 Å². The lowest BCUT2D eigenvalue weighted by Crippen LogP contribution is -2.48. The van der Waals surface area contributed by atoms with Crippen LogP contribution in [0.5, 0.6) is 5.75 Å². The number of aromatic nitrogens is 2. The smallest absolute Gasteiger partial charge is 0.267 e. The molecule has 9 nitrogen and oxygen atoms in total. The topological polar surface area (TPSA) is 128 Å². The minimum absolute atomic E-state index is 0.0138. The number of hydrogen-bond donors (Lipinski definition) is 2. The number of aryl methyl sites for hydroxylation is 1. The second kappa shape index (κ2) is 10.9. The Morgan fingerprint density at radius 2 is 2.11 bits per heavy atom. The number of nitrogens with two attached hydrogens (primary N) is 1. The zero-order valence-electron chi connectivity index (χ0n) is 20.0. The van der Waals surface area contributed by atoms with Crippen LogP contribution in [0.1, 0.15) is 38.7 Å². The van der Waals surface area contributed by atoms with Gasteiger partial charge in [0, 0.05) is 30.6 Å². The number of benzene rings is 1. The molecule has 1 saturated heterocycles. The molecule has 10 heteroatoms. The molecular formula is C26H26N4O5S. The Morgan fingerprint density at radius 1 is 1.31 bits per heavy atom. The number of hydrogen-bond acceptors (Lipinski definition) is 8. The average Bonchev–Trinajstić information content (AvgIpc) is 3.20. The van der Waals surface area contributed by atoms with E-state index >= 15 is 0 Å². The van der Waals surface area contributed by atoms with Crippen LogP contribution in [-0.4, -0.2) is 59.4 Å². The lowest BCUT2D eigenvalue weighted by molar-refractivity contribution is -0.140. The van der Waals surface area contributed by atoms with Gasteiger partial charge in [0.2, 0.25) is 5.91 Å². The normalized spacial score (nSPS) is 15.6. The fourth-order valence-corrected chi connectivity index (χ4v) is 4.12. The molecule has 3 aromatic rings. The number of pyridine rings is 1. The molecule has 0 saturated carbocycles. The molecule has 2 aromatic heterocycles. The van der Waals surface area contributed by atoms with Crippen molar-refractivity contribution < 1.29 is 24.2 Å². The molecule has 0 unspecified atom stereocenters. The van der Waals surface area contributed by atoms with Crippen molar-refractivity contribution in [2.24, 2.45) is 5.73 Å². The van der Waals surface area contributed by atoms with Gasteiger partial charge in [0.1, 0.15) is 11.4 Å². The second-order valence-electron chi connectivity index (χ2n) is 8.46. The van der Waals surface area contributed by atoms with E-state index in [4.69, 9.17) is 15.2 Å². The van der Waals surface area contributed by atoms with Gasteiger partial charge in [0.15, 0.2) is 5.60 Å². The molecule has 2 aliphatic rings. The van der Waals surface area contributed by atoms with Crippen LogP contribution in [0, 0.1) is 18.8 Å². The van der Waals surface area contributed by atoms with Gasteiger partial charge in [0.05, 0.1) is 42.6 Å². The number of amides is 2. The first-order valence-electron chi connectivity index (χ1n) is 11.2. The summed E-state index contributed by atoms with van der Waals surface area (Å²) in [7, 11) is 1.72. The van der Waals surface area contributed by atoms with Crippen molar-refractivity contribution in [3.05, 3.63) is 69.4 Å². The quantitative estimate of drug-likeness (QED) is 0.521. The zero-order valence-corrected chi connectivity index (χ0v) is 20.8. The minimum Gasteiger partial charge on any atom is -0.491 e. The van der Waals surface area contributed by atoms with Gasteiger partial charge in [-0.1, -0.05) is 11.8 Å². The van der Waals surface area contributed by atoms with Crippen LogP contribution in [0.4, 0.5) is 5.69 Å². The number of carbonyl (C=O) groups excluding carboxylic acids is 2. The number of carbonyl (C=O) groups is 2. The predicted octanol–water partition coefficient (Wildman–Crippen LogP) is 2.08. The number of fused-ring (bicyclic) bond motifs is 1. The number of ether oxygens (including phenoxy) is 2. The fourth-order valence-electron chi connectivity index (χ4n) is 3.50. The van der Waals surface area contributed by atoms with E-state index in [0.717, 1.165) is 21.8 Å². The number of rotatable bonds is 3. The Hall–Kier alpha value is -3.78. The highest BCUT2D eigenvalue weighted by molar-refractivity contribution is 7.09. The molecule has 3 N–H and O–H groups in total. The fraction of sp³-hybridized carbons (Fsp3) is 0.308. The average molecular weight is 507 g/mol. The van der Waals surface area contributed by atoms with Crippen molar-refractivity contribution in [3.63, 3.8) is 0 Å². The Morgan fingerprint density at radius 3 is 2.78 bits per heavy atom. The highest BCUT2D eigenvalue weighted by Crippen LogP contribution is 2.31. The molecule has 0 spiro atoms. The van der Waals surface area contributed by atoms with Gasteiger partial charge in [-0.2, -0.15) is 0 Å². The summed E-state index contributed by atoms with van der Waals surface area (Å²) < 4.78 is 10.5. The Balaban J connectivity index is 0.000000174. The first kappa shape index (κ1) is 25.3. The molecule has 186 valence electrons. The highest BCUT2D eigenvalue weighted by atomic mass is 32.1. The van der Waals surface area contributed by atoms with Crippen LogP contribution >= 0.6 is 11.3 Å². The lowest BCUT2D eigenvalue weighted by Gasteiger charge is -2.30. The first-order chi connectivity index (χ1) is 17.2. The first-order valence-corrected chi connectivity index (χ1v) is 12.1. The van der Waals surface area contributed by atoms with Crippen LogP contribution < -0.4 is 15.4 Å². The molecular weight excluding hydrogens is 480 g/mol. The summed E-state index contributed by atoms with van der Waals surface area (Å²) >= 11 is 1.62. The molecule has 0 aliphatic carbocycles. The van der Waals surface area contributed by atoms with Crippen molar-refractivity contribution in [1.29, 1.82) is 0 Å². The van der Waals surface area contributed by atoms with Gasteiger partial charge >= 0.3 is 0 Å². The van der Waals surface area contributed by atoms with E-state index < -0.39 is 11.5 Å². The molecule has 5 rings (SSSR count). The van der Waals surface area contributed by atoms with Gasteiger partial charge in [-0.05, 0) is 42.8 Å². The Kier molecular flexibility index (Phi) is 7.64. The van der Waals surface area contributed by atoms with E-state index in [0.29, 0.717) is 36.6 Å². The third kappa shape index (κ3) is 6.26. The van der Waals surface area contributed by atoms with Gasteiger partial charge in [0.25, 0.3) is 5.91 Å². The van der Waals surface area contributed by atoms with Crippen LogP contribution in [-0.2, 0) is 16.0 Å². The predicted molar refractivity (Wildman–Crippen MR) is 135 cm³/mol. The molecule has 1 aromatic carbocycles. The van der Waals surface area contributed by atoms with E-state index in [1.165, 1.54) is 0 Å². The Labute approximate surface area is 212 Å². The van der Waals surface area contributed by atoms with Crippen LogP contribution in [0.3, 0.4) is 0 Å². The molecule has 1 fully saturated rings. The summed E-state index contributed by atoms with van der Waals surface area (Å²) in [6.07, 6.45) is 2.66. The molecule has 36 heavy (non-hydrogen) atoms. The number of primary amides is 1. The largest absolute Gasteiger partial charge is 0.491 e. The third-order valence-corrected chi connectivity index (χ3v) is 6.34. The van der Waals surface area contributed by atoms with Crippen LogP contribution in [0.2, 0.25) is 0 Å². The number of anilines is 1. The summed E-state index contributed by atoms with van der Waals surface area (Å²) in [4.78, 5) is 32.6.